The number of hydrogen-bond acceptors (Lipinski definition) is 3. The van der Waals surface area contributed by atoms with Gasteiger partial charge in [0, 0.05) is 22.9 Å². The molecule has 2 heterocycles. The maximum absolute atomic E-state index is 12.0. The molecule has 0 aliphatic rings. The summed E-state index contributed by atoms with van der Waals surface area (Å²) in [7, 11) is 0. The first-order valence-corrected chi connectivity index (χ1v) is 6.17. The average Bonchev–Trinajstić information content (AvgIpc) is 2.77. The van der Waals surface area contributed by atoms with Gasteiger partial charge in [-0.3, -0.25) is 9.89 Å². The van der Waals surface area contributed by atoms with Gasteiger partial charge in [0.15, 0.2) is 5.82 Å². The highest BCUT2D eigenvalue weighted by Gasteiger charge is 2.17. The lowest BCUT2D eigenvalue weighted by molar-refractivity contribution is 0.102. The van der Waals surface area contributed by atoms with Crippen molar-refractivity contribution in [3.05, 3.63) is 41.3 Å². The minimum atomic E-state index is -0.254. The monoisotopic (exact) mass is 258 g/mol. The van der Waals surface area contributed by atoms with Crippen molar-refractivity contribution in [2.24, 2.45) is 0 Å². The smallest absolute Gasteiger partial charge is 0.275 e. The summed E-state index contributed by atoms with van der Waals surface area (Å²) in [6.45, 7) is 8.08. The van der Waals surface area contributed by atoms with Crippen LogP contribution in [0.4, 0.5) is 5.82 Å². The van der Waals surface area contributed by atoms with E-state index >= 15 is 0 Å². The third-order valence-electron chi connectivity index (χ3n) is 2.75. The van der Waals surface area contributed by atoms with Crippen LogP contribution in [0.25, 0.3) is 0 Å². The quantitative estimate of drug-likeness (QED) is 0.870. The fourth-order valence-electron chi connectivity index (χ4n) is 1.62. The fourth-order valence-corrected chi connectivity index (χ4v) is 1.62. The Balaban J connectivity index is 2.13. The van der Waals surface area contributed by atoms with Crippen LogP contribution < -0.4 is 5.32 Å². The number of aromatic nitrogens is 3. The second-order valence-corrected chi connectivity index (χ2v) is 5.54. The molecule has 19 heavy (non-hydrogen) atoms. The Morgan fingerprint density at radius 1 is 1.32 bits per heavy atom. The number of H-pyrrole nitrogens is 1. The molecule has 5 nitrogen and oxygen atoms in total. The van der Waals surface area contributed by atoms with Crippen LogP contribution in [0.15, 0.2) is 24.3 Å². The number of nitrogens with zero attached hydrogens (tertiary/aromatic N) is 2. The van der Waals surface area contributed by atoms with Gasteiger partial charge in [0.25, 0.3) is 5.91 Å². The SMILES string of the molecule is Cc1cccc(C(=O)Nc2cc(C(C)(C)C)[nH]n2)n1. The van der Waals surface area contributed by atoms with Gasteiger partial charge in [0.2, 0.25) is 0 Å². The largest absolute Gasteiger partial charge is 0.304 e. The number of pyridine rings is 1. The summed E-state index contributed by atoms with van der Waals surface area (Å²) in [5.74, 6) is 0.258. The Morgan fingerprint density at radius 2 is 2.05 bits per heavy atom. The van der Waals surface area contributed by atoms with E-state index in [1.807, 2.05) is 25.1 Å². The molecular formula is C14H18N4O. The molecule has 2 N–H and O–H groups in total. The first kappa shape index (κ1) is 13.3. The standard InChI is InChI=1S/C14H18N4O/c1-9-6-5-7-10(15-9)13(19)16-12-8-11(17-18-12)14(2,3)4/h5-8H,1-4H3,(H2,16,17,18,19). The van der Waals surface area contributed by atoms with Crippen LogP contribution >= 0.6 is 0 Å². The Hall–Kier alpha value is -2.17. The van der Waals surface area contributed by atoms with E-state index in [1.165, 1.54) is 0 Å². The van der Waals surface area contributed by atoms with Crippen LogP contribution in [0, 0.1) is 6.92 Å². The summed E-state index contributed by atoms with van der Waals surface area (Å²) in [6.07, 6.45) is 0. The Morgan fingerprint density at radius 3 is 2.63 bits per heavy atom. The van der Waals surface area contributed by atoms with Gasteiger partial charge in [0.1, 0.15) is 5.69 Å². The van der Waals surface area contributed by atoms with Crippen molar-refractivity contribution < 1.29 is 4.79 Å². The molecular weight excluding hydrogens is 240 g/mol. The van der Waals surface area contributed by atoms with Gasteiger partial charge in [-0.25, -0.2) is 4.98 Å². The maximum Gasteiger partial charge on any atom is 0.275 e. The van der Waals surface area contributed by atoms with Crippen LogP contribution in [0.3, 0.4) is 0 Å². The molecule has 0 fully saturated rings. The lowest BCUT2D eigenvalue weighted by Crippen LogP contribution is -2.14. The molecule has 0 aromatic carbocycles. The average molecular weight is 258 g/mol. The summed E-state index contributed by atoms with van der Waals surface area (Å²) in [5, 5.41) is 9.75. The second-order valence-electron chi connectivity index (χ2n) is 5.54. The van der Waals surface area contributed by atoms with Gasteiger partial charge in [-0.05, 0) is 19.1 Å². The molecule has 2 aromatic rings. The highest BCUT2D eigenvalue weighted by molar-refractivity contribution is 6.02. The van der Waals surface area contributed by atoms with Crippen molar-refractivity contribution in [3.63, 3.8) is 0 Å². The third kappa shape index (κ3) is 3.19. The zero-order chi connectivity index (χ0) is 14.0. The van der Waals surface area contributed by atoms with E-state index in [1.54, 1.807) is 6.07 Å². The molecule has 0 aliphatic carbocycles. The second kappa shape index (κ2) is 4.84. The van der Waals surface area contributed by atoms with E-state index < -0.39 is 0 Å². The van der Waals surface area contributed by atoms with Crippen LogP contribution in [0.2, 0.25) is 0 Å². The normalized spacial score (nSPS) is 11.4. The molecule has 2 rings (SSSR count). The Bertz CT molecular complexity index is 595. The summed E-state index contributed by atoms with van der Waals surface area (Å²) in [4.78, 5) is 16.2. The summed E-state index contributed by atoms with van der Waals surface area (Å²) in [6, 6.07) is 7.18. The minimum Gasteiger partial charge on any atom is -0.304 e. The number of carbonyl (C=O) groups is 1. The van der Waals surface area contributed by atoms with Gasteiger partial charge in [-0.1, -0.05) is 26.8 Å². The van der Waals surface area contributed by atoms with Crippen molar-refractivity contribution >= 4 is 11.7 Å². The van der Waals surface area contributed by atoms with Crippen LogP contribution in [0.5, 0.6) is 0 Å². The zero-order valence-corrected chi connectivity index (χ0v) is 11.6. The van der Waals surface area contributed by atoms with Crippen LogP contribution in [-0.2, 0) is 5.41 Å². The topological polar surface area (TPSA) is 70.7 Å². The predicted octanol–water partition coefficient (Wildman–Crippen LogP) is 2.66. The van der Waals surface area contributed by atoms with Crippen molar-refractivity contribution in [2.45, 2.75) is 33.1 Å². The van der Waals surface area contributed by atoms with Gasteiger partial charge in [-0.15, -0.1) is 0 Å². The minimum absolute atomic E-state index is 0.0302. The zero-order valence-electron chi connectivity index (χ0n) is 11.6. The van der Waals surface area contributed by atoms with Crippen molar-refractivity contribution in [3.8, 4) is 0 Å². The highest BCUT2D eigenvalue weighted by Crippen LogP contribution is 2.22. The highest BCUT2D eigenvalue weighted by atomic mass is 16.1. The number of aromatic amines is 1. The number of anilines is 1. The van der Waals surface area contributed by atoms with E-state index in [0.717, 1.165) is 11.4 Å². The van der Waals surface area contributed by atoms with Crippen LogP contribution in [0.1, 0.15) is 42.6 Å². The molecule has 5 heteroatoms. The lowest BCUT2D eigenvalue weighted by Gasteiger charge is -2.14. The molecule has 0 saturated heterocycles. The van der Waals surface area contributed by atoms with E-state index in [4.69, 9.17) is 0 Å². The third-order valence-corrected chi connectivity index (χ3v) is 2.75. The van der Waals surface area contributed by atoms with E-state index in [9.17, 15) is 4.79 Å². The number of nitrogens with one attached hydrogen (secondary N) is 2. The molecule has 0 spiro atoms. The van der Waals surface area contributed by atoms with E-state index in [0.29, 0.717) is 11.5 Å². The fraction of sp³-hybridized carbons (Fsp3) is 0.357. The van der Waals surface area contributed by atoms with Gasteiger partial charge in [0.05, 0.1) is 0 Å². The number of rotatable bonds is 2. The summed E-state index contributed by atoms with van der Waals surface area (Å²) >= 11 is 0. The number of carbonyl (C=O) groups excluding carboxylic acids is 1. The lowest BCUT2D eigenvalue weighted by atomic mass is 9.92. The first-order valence-electron chi connectivity index (χ1n) is 6.17. The molecule has 1 amide bonds. The van der Waals surface area contributed by atoms with Crippen molar-refractivity contribution in [2.75, 3.05) is 5.32 Å². The van der Waals surface area contributed by atoms with Gasteiger partial charge in [-0.2, -0.15) is 5.10 Å². The number of hydrogen-bond donors (Lipinski definition) is 2. The van der Waals surface area contributed by atoms with Gasteiger partial charge < -0.3 is 5.32 Å². The molecule has 2 aromatic heterocycles. The van der Waals surface area contributed by atoms with E-state index in [2.05, 4.69) is 41.3 Å². The first-order chi connectivity index (χ1) is 8.86. The molecule has 0 radical (unpaired) electrons. The predicted molar refractivity (Wildman–Crippen MR) is 74.2 cm³/mol. The summed E-state index contributed by atoms with van der Waals surface area (Å²) < 4.78 is 0. The molecule has 0 aliphatic heterocycles. The Labute approximate surface area is 112 Å². The number of amides is 1. The molecule has 0 atom stereocenters. The maximum atomic E-state index is 12.0. The summed E-state index contributed by atoms with van der Waals surface area (Å²) in [5.41, 5.74) is 2.14. The van der Waals surface area contributed by atoms with E-state index in [-0.39, 0.29) is 11.3 Å². The Kier molecular flexibility index (Phi) is 3.38. The molecule has 0 bridgehead atoms. The number of aryl methyl sites for hydroxylation is 1. The molecule has 0 saturated carbocycles. The molecule has 0 unspecified atom stereocenters. The van der Waals surface area contributed by atoms with Crippen molar-refractivity contribution in [1.29, 1.82) is 0 Å². The van der Waals surface area contributed by atoms with Crippen molar-refractivity contribution in [1.82, 2.24) is 15.2 Å². The molecule has 100 valence electrons. The van der Waals surface area contributed by atoms with Crippen LogP contribution in [-0.4, -0.2) is 21.1 Å². The van der Waals surface area contributed by atoms with Gasteiger partial charge >= 0.3 is 0 Å².